The Labute approximate surface area is 89.7 Å². The minimum absolute atomic E-state index is 0.643. The van der Waals surface area contributed by atoms with Crippen molar-refractivity contribution in [3.05, 3.63) is 0 Å². The predicted octanol–water partition coefficient (Wildman–Crippen LogP) is 0.230. The van der Waals surface area contributed by atoms with E-state index in [4.69, 9.17) is 0 Å². The van der Waals surface area contributed by atoms with Crippen LogP contribution in [0.15, 0.2) is 4.99 Å². The molecule has 0 aliphatic carbocycles. The van der Waals surface area contributed by atoms with E-state index in [0.29, 0.717) is 5.25 Å². The highest BCUT2D eigenvalue weighted by atomic mass is 32.2. The van der Waals surface area contributed by atoms with E-state index in [0.717, 1.165) is 37.9 Å². The third-order valence-corrected chi connectivity index (χ3v) is 3.56. The van der Waals surface area contributed by atoms with Crippen molar-refractivity contribution < 1.29 is 0 Å². The number of hydrazine groups is 1. The van der Waals surface area contributed by atoms with Gasteiger partial charge in [0.05, 0.1) is 6.54 Å². The van der Waals surface area contributed by atoms with Gasteiger partial charge in [-0.15, -0.1) is 0 Å². The summed E-state index contributed by atoms with van der Waals surface area (Å²) in [5.41, 5.74) is 3.39. The number of piperazine rings is 1. The van der Waals surface area contributed by atoms with E-state index in [1.165, 1.54) is 0 Å². The molecule has 0 aromatic rings. The Kier molecular flexibility index (Phi) is 3.30. The van der Waals surface area contributed by atoms with E-state index in [9.17, 15) is 0 Å². The Hall–Kier alpha value is -0.260. The molecule has 0 saturated carbocycles. The Bertz CT molecular complexity index is 223. The molecule has 0 radical (unpaired) electrons. The largest absolute Gasteiger partial charge is 0.304 e. The van der Waals surface area contributed by atoms with E-state index in [1.54, 1.807) is 0 Å². The van der Waals surface area contributed by atoms with Gasteiger partial charge in [-0.3, -0.25) is 10.4 Å². The topological polar surface area (TPSA) is 30.9 Å². The maximum absolute atomic E-state index is 4.44. The molecule has 1 fully saturated rings. The molecule has 1 saturated heterocycles. The van der Waals surface area contributed by atoms with Gasteiger partial charge in [-0.05, 0) is 7.05 Å². The molecule has 2 heterocycles. The normalized spacial score (nSPS) is 30.4. The van der Waals surface area contributed by atoms with Crippen molar-refractivity contribution in [1.29, 1.82) is 0 Å². The number of aliphatic imine (C=N–C) groups is 1. The van der Waals surface area contributed by atoms with Crippen LogP contribution in [0.4, 0.5) is 0 Å². The van der Waals surface area contributed by atoms with Crippen LogP contribution < -0.4 is 5.43 Å². The molecule has 1 unspecified atom stereocenters. The number of nitrogens with one attached hydrogen (secondary N) is 1. The third-order valence-electron chi connectivity index (χ3n) is 2.56. The lowest BCUT2D eigenvalue weighted by Crippen LogP contribution is -2.51. The smallest absolute Gasteiger partial charge is 0.171 e. The lowest BCUT2D eigenvalue weighted by atomic mass is 10.4. The number of thioether (sulfide) groups is 1. The molecule has 14 heavy (non-hydrogen) atoms. The van der Waals surface area contributed by atoms with Gasteiger partial charge in [0, 0.05) is 31.4 Å². The first kappa shape index (κ1) is 10.3. The zero-order chi connectivity index (χ0) is 9.97. The second-order valence-electron chi connectivity index (χ2n) is 3.98. The molecule has 4 nitrogen and oxygen atoms in total. The maximum atomic E-state index is 4.44. The molecule has 0 amide bonds. The highest BCUT2D eigenvalue weighted by Gasteiger charge is 2.19. The molecule has 80 valence electrons. The molecule has 2 rings (SSSR count). The van der Waals surface area contributed by atoms with Gasteiger partial charge in [0.2, 0.25) is 0 Å². The van der Waals surface area contributed by atoms with Crippen LogP contribution in [0.1, 0.15) is 6.92 Å². The molecule has 2 aliphatic heterocycles. The predicted molar refractivity (Wildman–Crippen MR) is 61.6 cm³/mol. The van der Waals surface area contributed by atoms with Crippen LogP contribution in [0.5, 0.6) is 0 Å². The molecule has 0 bridgehead atoms. The van der Waals surface area contributed by atoms with E-state index in [2.05, 4.69) is 34.3 Å². The lowest BCUT2D eigenvalue weighted by molar-refractivity contribution is 0.132. The first-order valence-electron chi connectivity index (χ1n) is 5.15. The molecular weight excluding hydrogens is 196 g/mol. The van der Waals surface area contributed by atoms with Gasteiger partial charge < -0.3 is 4.90 Å². The number of amidine groups is 1. The van der Waals surface area contributed by atoms with Gasteiger partial charge in [-0.2, -0.15) is 0 Å². The van der Waals surface area contributed by atoms with Crippen LogP contribution in [0, 0.1) is 0 Å². The zero-order valence-corrected chi connectivity index (χ0v) is 9.68. The summed E-state index contributed by atoms with van der Waals surface area (Å²) in [6.45, 7) is 7.63. The Balaban J connectivity index is 1.75. The zero-order valence-electron chi connectivity index (χ0n) is 8.86. The maximum Gasteiger partial charge on any atom is 0.171 e. The molecule has 1 atom stereocenters. The molecular formula is C9H18N4S. The second-order valence-corrected chi connectivity index (χ2v) is 5.40. The Morgan fingerprint density at radius 2 is 2.07 bits per heavy atom. The lowest BCUT2D eigenvalue weighted by Gasteiger charge is -2.32. The van der Waals surface area contributed by atoms with Crippen molar-refractivity contribution in [2.75, 3.05) is 39.8 Å². The van der Waals surface area contributed by atoms with E-state index in [1.807, 2.05) is 11.8 Å². The van der Waals surface area contributed by atoms with Crippen molar-refractivity contribution in [2.24, 2.45) is 4.99 Å². The third kappa shape index (κ3) is 2.62. The minimum atomic E-state index is 0.643. The first-order valence-corrected chi connectivity index (χ1v) is 6.03. The highest BCUT2D eigenvalue weighted by molar-refractivity contribution is 8.14. The monoisotopic (exact) mass is 214 g/mol. The van der Waals surface area contributed by atoms with Crippen molar-refractivity contribution >= 4 is 16.9 Å². The van der Waals surface area contributed by atoms with E-state index in [-0.39, 0.29) is 0 Å². The molecule has 1 N–H and O–H groups in total. The van der Waals surface area contributed by atoms with E-state index >= 15 is 0 Å². The summed E-state index contributed by atoms with van der Waals surface area (Å²) in [4.78, 5) is 6.79. The van der Waals surface area contributed by atoms with Gasteiger partial charge in [0.1, 0.15) is 0 Å². The molecule has 5 heteroatoms. The van der Waals surface area contributed by atoms with Crippen LogP contribution in [0.2, 0.25) is 0 Å². The second kappa shape index (κ2) is 4.51. The molecule has 0 spiro atoms. The van der Waals surface area contributed by atoms with Gasteiger partial charge in [-0.1, -0.05) is 18.7 Å². The van der Waals surface area contributed by atoms with Crippen molar-refractivity contribution in [1.82, 2.24) is 15.3 Å². The molecule has 0 aromatic heterocycles. The summed E-state index contributed by atoms with van der Waals surface area (Å²) in [6.07, 6.45) is 0. The number of likely N-dealkylation sites (N-methyl/N-ethyl adjacent to an activating group) is 1. The van der Waals surface area contributed by atoms with Crippen LogP contribution >= 0.6 is 11.8 Å². The van der Waals surface area contributed by atoms with Crippen LogP contribution in [0.3, 0.4) is 0 Å². The fourth-order valence-corrected chi connectivity index (χ4v) is 2.45. The SMILES string of the molecule is CC1CN=C(NN2CCN(C)CC2)S1. The average molecular weight is 214 g/mol. The molecule has 0 aromatic carbocycles. The summed E-state index contributed by atoms with van der Waals surface area (Å²) in [5.74, 6) is 0. The molecule has 2 aliphatic rings. The first-order chi connectivity index (χ1) is 6.74. The fourth-order valence-electron chi connectivity index (χ4n) is 1.59. The summed E-state index contributed by atoms with van der Waals surface area (Å²) < 4.78 is 0. The Morgan fingerprint density at radius 3 is 2.64 bits per heavy atom. The number of hydrogen-bond acceptors (Lipinski definition) is 5. The van der Waals surface area contributed by atoms with Crippen molar-refractivity contribution in [2.45, 2.75) is 12.2 Å². The number of rotatable bonds is 1. The van der Waals surface area contributed by atoms with Gasteiger partial charge in [-0.25, -0.2) is 5.01 Å². The van der Waals surface area contributed by atoms with Crippen molar-refractivity contribution in [3.63, 3.8) is 0 Å². The summed E-state index contributed by atoms with van der Waals surface area (Å²) in [5, 5.41) is 4.01. The van der Waals surface area contributed by atoms with Gasteiger partial charge in [0.15, 0.2) is 5.17 Å². The average Bonchev–Trinajstić information content (AvgIpc) is 2.56. The summed E-state index contributed by atoms with van der Waals surface area (Å²) in [7, 11) is 2.17. The highest BCUT2D eigenvalue weighted by Crippen LogP contribution is 2.18. The Morgan fingerprint density at radius 1 is 1.36 bits per heavy atom. The van der Waals surface area contributed by atoms with Crippen LogP contribution in [0.25, 0.3) is 0 Å². The van der Waals surface area contributed by atoms with Gasteiger partial charge >= 0.3 is 0 Å². The number of nitrogens with zero attached hydrogens (tertiary/aromatic N) is 3. The van der Waals surface area contributed by atoms with Crippen LogP contribution in [-0.2, 0) is 0 Å². The quantitative estimate of drug-likeness (QED) is 0.677. The summed E-state index contributed by atoms with van der Waals surface area (Å²) in [6, 6.07) is 0. The number of hydrogen-bond donors (Lipinski definition) is 1. The summed E-state index contributed by atoms with van der Waals surface area (Å²) >= 11 is 1.84. The standard InChI is InChI=1S/C9H18N4S/c1-8-7-10-9(14-8)11-13-5-3-12(2)4-6-13/h8H,3-7H2,1-2H3,(H,10,11). The minimum Gasteiger partial charge on any atom is -0.304 e. The van der Waals surface area contributed by atoms with Gasteiger partial charge in [0.25, 0.3) is 0 Å². The fraction of sp³-hybridized carbons (Fsp3) is 0.889. The van der Waals surface area contributed by atoms with E-state index < -0.39 is 0 Å². The van der Waals surface area contributed by atoms with Crippen LogP contribution in [-0.4, -0.2) is 60.1 Å². The van der Waals surface area contributed by atoms with Crippen molar-refractivity contribution in [3.8, 4) is 0 Å².